The maximum atomic E-state index is 3.87. The van der Waals surface area contributed by atoms with Gasteiger partial charge in [0, 0.05) is 9.30 Å². The normalized spacial score (nSPS) is 21.9. The van der Waals surface area contributed by atoms with Crippen molar-refractivity contribution in [3.63, 3.8) is 0 Å². The molecule has 0 heterocycles. The molecule has 0 bridgehead atoms. The molecule has 2 atom stereocenters. The largest absolute Gasteiger partial charge is 0.0835 e. The van der Waals surface area contributed by atoms with Crippen LogP contribution >= 0.6 is 31.9 Å². The molecule has 2 heteroatoms. The van der Waals surface area contributed by atoms with Crippen molar-refractivity contribution in [3.8, 4) is 0 Å². The van der Waals surface area contributed by atoms with Gasteiger partial charge in [-0.25, -0.2) is 0 Å². The van der Waals surface area contributed by atoms with Crippen molar-refractivity contribution in [1.82, 2.24) is 0 Å². The standard InChI is InChI=1S/C16H14Br2/c17-14-7-5-11(6-8-14)9-13-10-12-3-1-2-4-15(12)16(13)18/h1-8,13,16H,9-10H2. The van der Waals surface area contributed by atoms with Gasteiger partial charge in [0.05, 0.1) is 0 Å². The highest BCUT2D eigenvalue weighted by atomic mass is 79.9. The third-order valence-electron chi connectivity index (χ3n) is 3.66. The van der Waals surface area contributed by atoms with Gasteiger partial charge in [-0.2, -0.15) is 0 Å². The van der Waals surface area contributed by atoms with Gasteiger partial charge in [-0.15, -0.1) is 0 Å². The number of benzene rings is 2. The highest BCUT2D eigenvalue weighted by Crippen LogP contribution is 2.43. The van der Waals surface area contributed by atoms with E-state index in [2.05, 4.69) is 80.4 Å². The lowest BCUT2D eigenvalue weighted by atomic mass is 9.97. The van der Waals surface area contributed by atoms with Gasteiger partial charge in [0.1, 0.15) is 0 Å². The predicted octanol–water partition coefficient (Wildman–Crippen LogP) is 5.30. The highest BCUT2D eigenvalue weighted by Gasteiger charge is 2.29. The fourth-order valence-electron chi connectivity index (χ4n) is 2.73. The van der Waals surface area contributed by atoms with Crippen LogP contribution in [0.2, 0.25) is 0 Å². The molecule has 18 heavy (non-hydrogen) atoms. The Labute approximate surface area is 125 Å². The minimum Gasteiger partial charge on any atom is -0.0835 e. The van der Waals surface area contributed by atoms with Gasteiger partial charge >= 0.3 is 0 Å². The second-order valence-corrected chi connectivity index (χ2v) is 6.80. The Kier molecular flexibility index (Phi) is 3.58. The molecular weight excluding hydrogens is 352 g/mol. The summed E-state index contributed by atoms with van der Waals surface area (Å²) in [5, 5.41) is 0. The molecule has 0 radical (unpaired) electrons. The van der Waals surface area contributed by atoms with Gasteiger partial charge < -0.3 is 0 Å². The van der Waals surface area contributed by atoms with Crippen molar-refractivity contribution in [2.24, 2.45) is 5.92 Å². The molecule has 2 unspecified atom stereocenters. The van der Waals surface area contributed by atoms with Crippen molar-refractivity contribution < 1.29 is 0 Å². The van der Waals surface area contributed by atoms with Crippen molar-refractivity contribution in [2.45, 2.75) is 17.7 Å². The van der Waals surface area contributed by atoms with E-state index in [4.69, 9.17) is 0 Å². The molecule has 2 aromatic rings. The summed E-state index contributed by atoms with van der Waals surface area (Å²) in [7, 11) is 0. The van der Waals surface area contributed by atoms with Gasteiger partial charge in [-0.3, -0.25) is 0 Å². The summed E-state index contributed by atoms with van der Waals surface area (Å²) in [6.07, 6.45) is 2.32. The third-order valence-corrected chi connectivity index (χ3v) is 5.43. The Morgan fingerprint density at radius 3 is 2.44 bits per heavy atom. The zero-order valence-corrected chi connectivity index (χ0v) is 13.1. The second kappa shape index (κ2) is 5.18. The monoisotopic (exact) mass is 364 g/mol. The summed E-state index contributed by atoms with van der Waals surface area (Å²) in [4.78, 5) is 0.498. The summed E-state index contributed by atoms with van der Waals surface area (Å²) >= 11 is 7.35. The van der Waals surface area contributed by atoms with E-state index in [1.165, 1.54) is 23.1 Å². The molecule has 3 rings (SSSR count). The lowest BCUT2D eigenvalue weighted by Gasteiger charge is -2.14. The van der Waals surface area contributed by atoms with E-state index in [-0.39, 0.29) is 0 Å². The summed E-state index contributed by atoms with van der Waals surface area (Å²) in [5.74, 6) is 0.670. The van der Waals surface area contributed by atoms with Gasteiger partial charge in [0.25, 0.3) is 0 Å². The Balaban J connectivity index is 1.78. The number of rotatable bonds is 2. The summed E-state index contributed by atoms with van der Waals surface area (Å²) in [5.41, 5.74) is 4.39. The first-order chi connectivity index (χ1) is 8.74. The lowest BCUT2D eigenvalue weighted by molar-refractivity contribution is 0.555. The van der Waals surface area contributed by atoms with Crippen LogP contribution in [0.15, 0.2) is 53.0 Å². The number of hydrogen-bond donors (Lipinski definition) is 0. The van der Waals surface area contributed by atoms with Crippen molar-refractivity contribution >= 4 is 31.9 Å². The maximum absolute atomic E-state index is 3.87. The Morgan fingerprint density at radius 2 is 1.72 bits per heavy atom. The predicted molar refractivity (Wildman–Crippen MR) is 83.2 cm³/mol. The first kappa shape index (κ1) is 12.4. The van der Waals surface area contributed by atoms with E-state index < -0.39 is 0 Å². The topological polar surface area (TPSA) is 0 Å². The number of alkyl halides is 1. The van der Waals surface area contributed by atoms with Crippen molar-refractivity contribution in [3.05, 3.63) is 69.7 Å². The van der Waals surface area contributed by atoms with Crippen molar-refractivity contribution in [1.29, 1.82) is 0 Å². The SMILES string of the molecule is Brc1ccc(CC2Cc3ccccc3C2Br)cc1. The van der Waals surface area contributed by atoms with Crippen LogP contribution in [0.4, 0.5) is 0 Å². The smallest absolute Gasteiger partial charge is 0.0432 e. The maximum Gasteiger partial charge on any atom is 0.0432 e. The van der Waals surface area contributed by atoms with Crippen molar-refractivity contribution in [2.75, 3.05) is 0 Å². The number of hydrogen-bond acceptors (Lipinski definition) is 0. The lowest BCUT2D eigenvalue weighted by Crippen LogP contribution is -2.06. The van der Waals surface area contributed by atoms with Gasteiger partial charge in [-0.1, -0.05) is 68.3 Å². The summed E-state index contributed by atoms with van der Waals surface area (Å²) in [6.45, 7) is 0. The molecule has 0 amide bonds. The second-order valence-electron chi connectivity index (χ2n) is 4.90. The molecule has 0 aliphatic heterocycles. The van der Waals surface area contributed by atoms with E-state index >= 15 is 0 Å². The summed E-state index contributed by atoms with van der Waals surface area (Å²) < 4.78 is 1.15. The van der Waals surface area contributed by atoms with E-state index in [1.54, 1.807) is 0 Å². The molecule has 0 spiro atoms. The summed E-state index contributed by atoms with van der Waals surface area (Å²) in [6, 6.07) is 17.5. The molecule has 1 aliphatic carbocycles. The average Bonchev–Trinajstić information content (AvgIpc) is 2.70. The van der Waals surface area contributed by atoms with Crippen LogP contribution in [0.3, 0.4) is 0 Å². The average molecular weight is 366 g/mol. The molecule has 0 fully saturated rings. The Bertz CT molecular complexity index is 545. The molecule has 0 saturated carbocycles. The van der Waals surface area contributed by atoms with E-state index in [0.29, 0.717) is 10.7 Å². The Morgan fingerprint density at radius 1 is 1.00 bits per heavy atom. The first-order valence-corrected chi connectivity index (χ1v) is 7.91. The molecule has 92 valence electrons. The molecule has 0 aromatic heterocycles. The molecule has 2 aromatic carbocycles. The first-order valence-electron chi connectivity index (χ1n) is 6.20. The zero-order valence-electron chi connectivity index (χ0n) is 9.94. The molecule has 0 nitrogen and oxygen atoms in total. The van der Waals surface area contributed by atoms with E-state index in [9.17, 15) is 0 Å². The highest BCUT2D eigenvalue weighted by molar-refractivity contribution is 9.10. The molecule has 1 aliphatic rings. The van der Waals surface area contributed by atoms with Gasteiger partial charge in [0.2, 0.25) is 0 Å². The van der Waals surface area contributed by atoms with Crippen LogP contribution in [0.5, 0.6) is 0 Å². The van der Waals surface area contributed by atoms with Crippen LogP contribution in [-0.4, -0.2) is 0 Å². The molecular formula is C16H14Br2. The zero-order chi connectivity index (χ0) is 12.5. The van der Waals surface area contributed by atoms with Crippen LogP contribution in [0.25, 0.3) is 0 Å². The van der Waals surface area contributed by atoms with Crippen LogP contribution < -0.4 is 0 Å². The molecule has 0 N–H and O–H groups in total. The third kappa shape index (κ3) is 2.41. The van der Waals surface area contributed by atoms with Gasteiger partial charge in [-0.05, 0) is 47.6 Å². The van der Waals surface area contributed by atoms with Gasteiger partial charge in [0.15, 0.2) is 0 Å². The van der Waals surface area contributed by atoms with Crippen LogP contribution in [-0.2, 0) is 12.8 Å². The minimum absolute atomic E-state index is 0.498. The van der Waals surface area contributed by atoms with Crippen LogP contribution in [0.1, 0.15) is 21.5 Å². The molecule has 0 saturated heterocycles. The quantitative estimate of drug-likeness (QED) is 0.633. The van der Waals surface area contributed by atoms with E-state index in [1.807, 2.05) is 0 Å². The van der Waals surface area contributed by atoms with Crippen LogP contribution in [0, 0.1) is 5.92 Å². The number of fused-ring (bicyclic) bond motifs is 1. The minimum atomic E-state index is 0.498. The number of halogens is 2. The van der Waals surface area contributed by atoms with E-state index in [0.717, 1.165) is 10.9 Å². The fraction of sp³-hybridized carbons (Fsp3) is 0.250. The Hall–Kier alpha value is -0.600. The fourth-order valence-corrected chi connectivity index (χ4v) is 3.81.